The largest absolute Gasteiger partial charge is 0.496 e. The summed E-state index contributed by atoms with van der Waals surface area (Å²) in [6.45, 7) is 0.725. The van der Waals surface area contributed by atoms with Gasteiger partial charge in [0.25, 0.3) is 0 Å². The number of ether oxygens (including phenoxy) is 1. The Morgan fingerprint density at radius 2 is 2.19 bits per heavy atom. The minimum absolute atomic E-state index is 0.317. The summed E-state index contributed by atoms with van der Waals surface area (Å²) in [5.74, 6) is 0.559. The quantitative estimate of drug-likeness (QED) is 0.703. The van der Waals surface area contributed by atoms with E-state index in [9.17, 15) is 9.18 Å². The number of amides is 1. The van der Waals surface area contributed by atoms with E-state index in [4.69, 9.17) is 9.84 Å². The number of anilines is 1. The standard InChI is InChI=1S/C17H18FN5O3/c1-22(17(24)25)8-7-19-15-5-6-16-20-10-13(23(16)21-15)12-4-3-11(18)9-14(12)26-2/h3-6,9-10H,7-8H2,1-2H3,(H,19,21)(H,24,25). The van der Waals surface area contributed by atoms with E-state index in [0.29, 0.717) is 41.6 Å². The molecule has 0 atom stereocenters. The third-order valence-corrected chi connectivity index (χ3v) is 3.88. The molecule has 9 heteroatoms. The van der Waals surface area contributed by atoms with Crippen LogP contribution in [0, 0.1) is 5.82 Å². The van der Waals surface area contributed by atoms with Crippen LogP contribution in [0.25, 0.3) is 16.9 Å². The highest BCUT2D eigenvalue weighted by Crippen LogP contribution is 2.30. The molecule has 0 saturated heterocycles. The van der Waals surface area contributed by atoms with Gasteiger partial charge >= 0.3 is 6.09 Å². The molecular formula is C17H18FN5O3. The van der Waals surface area contributed by atoms with Crippen LogP contribution in [0.3, 0.4) is 0 Å². The third kappa shape index (κ3) is 3.51. The van der Waals surface area contributed by atoms with E-state index < -0.39 is 11.9 Å². The van der Waals surface area contributed by atoms with E-state index in [1.54, 1.807) is 28.9 Å². The fourth-order valence-corrected chi connectivity index (χ4v) is 2.48. The predicted octanol–water partition coefficient (Wildman–Crippen LogP) is 2.57. The van der Waals surface area contributed by atoms with Gasteiger partial charge < -0.3 is 20.1 Å². The Labute approximate surface area is 148 Å². The zero-order valence-electron chi connectivity index (χ0n) is 14.3. The molecule has 2 heterocycles. The normalized spacial score (nSPS) is 10.7. The molecule has 0 aliphatic rings. The SMILES string of the molecule is COc1cc(F)ccc1-c1cnc2ccc(NCCN(C)C(=O)O)nn12. The first-order valence-corrected chi connectivity index (χ1v) is 7.86. The first-order chi connectivity index (χ1) is 12.5. The van der Waals surface area contributed by atoms with Crippen LogP contribution in [-0.4, -0.2) is 57.9 Å². The number of benzene rings is 1. The molecule has 26 heavy (non-hydrogen) atoms. The van der Waals surface area contributed by atoms with Crippen molar-refractivity contribution in [1.82, 2.24) is 19.5 Å². The van der Waals surface area contributed by atoms with Gasteiger partial charge in [0.1, 0.15) is 17.4 Å². The summed E-state index contributed by atoms with van der Waals surface area (Å²) in [6, 6.07) is 7.81. The van der Waals surface area contributed by atoms with Crippen molar-refractivity contribution in [2.75, 3.05) is 32.6 Å². The average molecular weight is 359 g/mol. The van der Waals surface area contributed by atoms with Crippen LogP contribution in [0.1, 0.15) is 0 Å². The highest BCUT2D eigenvalue weighted by molar-refractivity contribution is 5.70. The zero-order valence-corrected chi connectivity index (χ0v) is 14.3. The number of hydrogen-bond donors (Lipinski definition) is 2. The summed E-state index contributed by atoms with van der Waals surface area (Å²) in [4.78, 5) is 16.3. The Kier molecular flexibility index (Phi) is 4.87. The van der Waals surface area contributed by atoms with E-state index in [-0.39, 0.29) is 0 Å². The number of likely N-dealkylation sites (N-methyl/N-ethyl adjacent to an activating group) is 1. The van der Waals surface area contributed by atoms with Crippen molar-refractivity contribution in [3.8, 4) is 17.0 Å². The number of nitrogens with zero attached hydrogens (tertiary/aromatic N) is 4. The lowest BCUT2D eigenvalue weighted by Crippen LogP contribution is -2.30. The van der Waals surface area contributed by atoms with Gasteiger partial charge in [-0.25, -0.2) is 18.7 Å². The number of carbonyl (C=O) groups is 1. The molecule has 8 nitrogen and oxygen atoms in total. The molecular weight excluding hydrogens is 341 g/mol. The molecule has 1 aromatic carbocycles. The minimum Gasteiger partial charge on any atom is -0.496 e. The lowest BCUT2D eigenvalue weighted by atomic mass is 10.1. The smallest absolute Gasteiger partial charge is 0.407 e. The molecule has 0 unspecified atom stereocenters. The average Bonchev–Trinajstić information content (AvgIpc) is 3.04. The van der Waals surface area contributed by atoms with Gasteiger partial charge in [0.2, 0.25) is 0 Å². The summed E-state index contributed by atoms with van der Waals surface area (Å²) in [5.41, 5.74) is 1.94. The second-order valence-electron chi connectivity index (χ2n) is 5.61. The lowest BCUT2D eigenvalue weighted by molar-refractivity contribution is 0.157. The van der Waals surface area contributed by atoms with Crippen LogP contribution >= 0.6 is 0 Å². The molecule has 0 saturated carbocycles. The fraction of sp³-hybridized carbons (Fsp3) is 0.235. The van der Waals surface area contributed by atoms with Crippen molar-refractivity contribution in [1.29, 1.82) is 0 Å². The van der Waals surface area contributed by atoms with Crippen LogP contribution in [0.5, 0.6) is 5.75 Å². The van der Waals surface area contributed by atoms with Crippen molar-refractivity contribution < 1.29 is 19.0 Å². The van der Waals surface area contributed by atoms with E-state index in [1.165, 1.54) is 31.2 Å². The Hall–Kier alpha value is -3.36. The Morgan fingerprint density at radius 1 is 1.38 bits per heavy atom. The molecule has 3 rings (SSSR count). The van der Waals surface area contributed by atoms with Crippen LogP contribution in [0.15, 0.2) is 36.5 Å². The van der Waals surface area contributed by atoms with E-state index in [0.717, 1.165) is 0 Å². The zero-order chi connectivity index (χ0) is 18.7. The molecule has 0 aliphatic heterocycles. The van der Waals surface area contributed by atoms with Gasteiger partial charge in [-0.1, -0.05) is 0 Å². The summed E-state index contributed by atoms with van der Waals surface area (Å²) in [6.07, 6.45) is 0.649. The van der Waals surface area contributed by atoms with Gasteiger partial charge in [0, 0.05) is 31.8 Å². The molecule has 0 bridgehead atoms. The Bertz CT molecular complexity index is 943. The Morgan fingerprint density at radius 3 is 2.92 bits per heavy atom. The number of halogens is 1. The molecule has 0 spiro atoms. The number of hydrogen-bond acceptors (Lipinski definition) is 5. The number of carboxylic acid groups (broad SMARTS) is 1. The summed E-state index contributed by atoms with van der Waals surface area (Å²) in [7, 11) is 2.97. The molecule has 0 radical (unpaired) electrons. The van der Waals surface area contributed by atoms with Gasteiger partial charge in [0.05, 0.1) is 19.0 Å². The van der Waals surface area contributed by atoms with Crippen LogP contribution in [0.2, 0.25) is 0 Å². The highest BCUT2D eigenvalue weighted by Gasteiger charge is 2.13. The van der Waals surface area contributed by atoms with Gasteiger partial charge in [0.15, 0.2) is 5.65 Å². The van der Waals surface area contributed by atoms with Crippen molar-refractivity contribution in [3.63, 3.8) is 0 Å². The number of methoxy groups -OCH3 is 1. The van der Waals surface area contributed by atoms with Gasteiger partial charge in [-0.3, -0.25) is 0 Å². The monoisotopic (exact) mass is 359 g/mol. The fourth-order valence-electron chi connectivity index (χ4n) is 2.48. The van der Waals surface area contributed by atoms with Crippen molar-refractivity contribution in [2.45, 2.75) is 0 Å². The van der Waals surface area contributed by atoms with Crippen LogP contribution < -0.4 is 10.1 Å². The second kappa shape index (κ2) is 7.26. The topological polar surface area (TPSA) is 92.0 Å². The number of aromatic nitrogens is 3. The van der Waals surface area contributed by atoms with Crippen molar-refractivity contribution in [2.24, 2.45) is 0 Å². The van der Waals surface area contributed by atoms with Crippen LogP contribution in [0.4, 0.5) is 15.0 Å². The highest BCUT2D eigenvalue weighted by atomic mass is 19.1. The van der Waals surface area contributed by atoms with E-state index in [2.05, 4.69) is 15.4 Å². The molecule has 2 N–H and O–H groups in total. The maximum Gasteiger partial charge on any atom is 0.407 e. The summed E-state index contributed by atoms with van der Waals surface area (Å²) in [5, 5.41) is 16.4. The second-order valence-corrected chi connectivity index (χ2v) is 5.61. The number of imidazole rings is 1. The summed E-state index contributed by atoms with van der Waals surface area (Å²) >= 11 is 0. The predicted molar refractivity (Wildman–Crippen MR) is 94.1 cm³/mol. The maximum absolute atomic E-state index is 13.4. The minimum atomic E-state index is -0.990. The van der Waals surface area contributed by atoms with Gasteiger partial charge in [-0.2, -0.15) is 0 Å². The molecule has 0 fully saturated rings. The first-order valence-electron chi connectivity index (χ1n) is 7.86. The van der Waals surface area contributed by atoms with Crippen LogP contribution in [-0.2, 0) is 0 Å². The van der Waals surface area contributed by atoms with E-state index in [1.807, 2.05) is 0 Å². The lowest BCUT2D eigenvalue weighted by Gasteiger charge is -2.13. The molecule has 136 valence electrons. The molecule has 3 aromatic rings. The number of fused-ring (bicyclic) bond motifs is 1. The van der Waals surface area contributed by atoms with E-state index >= 15 is 0 Å². The molecule has 0 aliphatic carbocycles. The maximum atomic E-state index is 13.4. The summed E-state index contributed by atoms with van der Waals surface area (Å²) < 4.78 is 20.3. The Balaban J connectivity index is 1.88. The molecule has 1 amide bonds. The van der Waals surface area contributed by atoms with Crippen molar-refractivity contribution >= 4 is 17.6 Å². The van der Waals surface area contributed by atoms with Gasteiger partial charge in [-0.15, -0.1) is 5.10 Å². The molecule has 2 aromatic heterocycles. The number of rotatable bonds is 6. The third-order valence-electron chi connectivity index (χ3n) is 3.88. The van der Waals surface area contributed by atoms with Gasteiger partial charge in [-0.05, 0) is 24.3 Å². The van der Waals surface area contributed by atoms with Crippen molar-refractivity contribution in [3.05, 3.63) is 42.3 Å². The first kappa shape index (κ1) is 17.5. The number of nitrogens with one attached hydrogen (secondary N) is 1.